The van der Waals surface area contributed by atoms with Gasteiger partial charge in [-0.3, -0.25) is 9.69 Å². The molecule has 2 heterocycles. The molecule has 4 nitrogen and oxygen atoms in total. The summed E-state index contributed by atoms with van der Waals surface area (Å²) < 4.78 is 0. The van der Waals surface area contributed by atoms with Crippen LogP contribution in [-0.2, 0) is 4.79 Å². The highest BCUT2D eigenvalue weighted by atomic mass is 16.1. The van der Waals surface area contributed by atoms with Crippen molar-refractivity contribution < 1.29 is 4.79 Å². The molecule has 0 aliphatic carbocycles. The van der Waals surface area contributed by atoms with Gasteiger partial charge >= 0.3 is 0 Å². The number of rotatable bonds is 2. The third-order valence-electron chi connectivity index (χ3n) is 3.54. The van der Waals surface area contributed by atoms with Gasteiger partial charge in [0, 0.05) is 18.6 Å². The van der Waals surface area contributed by atoms with E-state index in [0.717, 1.165) is 19.5 Å². The van der Waals surface area contributed by atoms with E-state index in [1.54, 1.807) is 0 Å². The van der Waals surface area contributed by atoms with Gasteiger partial charge in [0.2, 0.25) is 5.91 Å². The zero-order valence-corrected chi connectivity index (χ0v) is 8.70. The minimum Gasteiger partial charge on any atom is -0.368 e. The van der Waals surface area contributed by atoms with Crippen molar-refractivity contribution in [3.05, 3.63) is 0 Å². The molecule has 80 valence electrons. The first kappa shape index (κ1) is 9.93. The second kappa shape index (κ2) is 3.87. The van der Waals surface area contributed by atoms with Gasteiger partial charge in [0.25, 0.3) is 0 Å². The van der Waals surface area contributed by atoms with Gasteiger partial charge < -0.3 is 11.1 Å². The number of carbonyl (C=O) groups is 1. The van der Waals surface area contributed by atoms with E-state index in [1.165, 1.54) is 12.8 Å². The largest absolute Gasteiger partial charge is 0.368 e. The predicted octanol–water partition coefficient (Wildman–Crippen LogP) is -0.313. The van der Waals surface area contributed by atoms with Crippen LogP contribution in [0.3, 0.4) is 0 Å². The average molecular weight is 197 g/mol. The molecule has 0 aromatic carbocycles. The van der Waals surface area contributed by atoms with Gasteiger partial charge in [0.15, 0.2) is 0 Å². The number of primary amides is 1. The van der Waals surface area contributed by atoms with Crippen molar-refractivity contribution in [3.8, 4) is 0 Å². The first-order chi connectivity index (χ1) is 6.70. The molecule has 14 heavy (non-hydrogen) atoms. The zero-order valence-electron chi connectivity index (χ0n) is 8.70. The molecular weight excluding hydrogens is 178 g/mol. The summed E-state index contributed by atoms with van der Waals surface area (Å²) in [4.78, 5) is 13.4. The molecule has 0 spiro atoms. The van der Waals surface area contributed by atoms with Crippen LogP contribution in [0.5, 0.6) is 0 Å². The van der Waals surface area contributed by atoms with E-state index in [9.17, 15) is 4.79 Å². The number of nitrogens with two attached hydrogens (primary N) is 1. The Morgan fingerprint density at radius 1 is 1.50 bits per heavy atom. The first-order valence-electron chi connectivity index (χ1n) is 5.48. The van der Waals surface area contributed by atoms with E-state index in [2.05, 4.69) is 17.1 Å². The number of nitrogens with zero attached hydrogens (tertiary/aromatic N) is 1. The van der Waals surface area contributed by atoms with E-state index in [-0.39, 0.29) is 11.9 Å². The Labute approximate surface area is 84.8 Å². The van der Waals surface area contributed by atoms with Crippen molar-refractivity contribution >= 4 is 5.91 Å². The van der Waals surface area contributed by atoms with Gasteiger partial charge in [0.05, 0.1) is 6.04 Å². The highest BCUT2D eigenvalue weighted by Gasteiger charge is 2.39. The maximum Gasteiger partial charge on any atom is 0.234 e. The molecular formula is C10H19N3O. The van der Waals surface area contributed by atoms with Gasteiger partial charge in [-0.05, 0) is 32.7 Å². The topological polar surface area (TPSA) is 58.4 Å². The van der Waals surface area contributed by atoms with E-state index in [4.69, 9.17) is 5.73 Å². The van der Waals surface area contributed by atoms with E-state index in [1.807, 2.05) is 0 Å². The highest BCUT2D eigenvalue weighted by Crippen LogP contribution is 2.26. The third kappa shape index (κ3) is 1.64. The van der Waals surface area contributed by atoms with Gasteiger partial charge in [0.1, 0.15) is 0 Å². The highest BCUT2D eigenvalue weighted by molar-refractivity contribution is 5.80. The molecule has 4 heteroatoms. The Hall–Kier alpha value is -0.610. The van der Waals surface area contributed by atoms with Crippen LogP contribution >= 0.6 is 0 Å². The number of nitrogens with one attached hydrogen (secondary N) is 1. The monoisotopic (exact) mass is 197 g/mol. The molecule has 0 saturated carbocycles. The van der Waals surface area contributed by atoms with Crippen LogP contribution in [0.15, 0.2) is 0 Å². The van der Waals surface area contributed by atoms with Crippen LogP contribution in [0.4, 0.5) is 0 Å². The summed E-state index contributed by atoms with van der Waals surface area (Å²) >= 11 is 0. The minimum atomic E-state index is -0.158. The van der Waals surface area contributed by atoms with Crippen molar-refractivity contribution in [1.82, 2.24) is 10.2 Å². The lowest BCUT2D eigenvalue weighted by atomic mass is 9.91. The molecule has 3 atom stereocenters. The molecule has 2 aliphatic rings. The summed E-state index contributed by atoms with van der Waals surface area (Å²) in [5.74, 6) is -0.158. The fourth-order valence-electron chi connectivity index (χ4n) is 2.59. The standard InChI is InChI=1S/C10H19N3O/c1-7-8(3-2-5-12-7)13-6-4-9(13)10(11)14/h7-9,12H,2-6H2,1H3,(H2,11,14). The van der Waals surface area contributed by atoms with Crippen molar-refractivity contribution in [1.29, 1.82) is 0 Å². The fraction of sp³-hybridized carbons (Fsp3) is 0.900. The van der Waals surface area contributed by atoms with Crippen molar-refractivity contribution in [2.75, 3.05) is 13.1 Å². The summed E-state index contributed by atoms with van der Waals surface area (Å²) in [6.07, 6.45) is 3.34. The van der Waals surface area contributed by atoms with E-state index < -0.39 is 0 Å². The molecule has 3 N–H and O–H groups in total. The number of piperidine rings is 1. The molecule has 1 amide bonds. The van der Waals surface area contributed by atoms with Crippen molar-refractivity contribution in [2.45, 2.75) is 44.3 Å². The maximum absolute atomic E-state index is 11.1. The first-order valence-corrected chi connectivity index (χ1v) is 5.48. The molecule has 0 aromatic heterocycles. The molecule has 2 rings (SSSR count). The smallest absolute Gasteiger partial charge is 0.234 e. The predicted molar refractivity (Wildman–Crippen MR) is 54.8 cm³/mol. The molecule has 0 radical (unpaired) electrons. The number of amides is 1. The normalized spacial score (nSPS) is 39.1. The summed E-state index contributed by atoms with van der Waals surface area (Å²) in [6.45, 7) is 4.33. The van der Waals surface area contributed by atoms with Crippen LogP contribution in [0.2, 0.25) is 0 Å². The lowest BCUT2D eigenvalue weighted by molar-refractivity contribution is -0.130. The van der Waals surface area contributed by atoms with Gasteiger partial charge in [-0.25, -0.2) is 0 Å². The number of likely N-dealkylation sites (tertiary alicyclic amines) is 1. The van der Waals surface area contributed by atoms with Gasteiger partial charge in [-0.15, -0.1) is 0 Å². The molecule has 2 saturated heterocycles. The molecule has 0 bridgehead atoms. The number of hydrogen-bond acceptors (Lipinski definition) is 3. The lowest BCUT2D eigenvalue weighted by Gasteiger charge is -2.48. The maximum atomic E-state index is 11.1. The Bertz CT molecular complexity index is 231. The molecule has 2 fully saturated rings. The van der Waals surface area contributed by atoms with Gasteiger partial charge in [-0.2, -0.15) is 0 Å². The second-order valence-electron chi connectivity index (χ2n) is 4.40. The molecule has 0 aromatic rings. The Morgan fingerprint density at radius 3 is 2.79 bits per heavy atom. The van der Waals surface area contributed by atoms with Crippen LogP contribution in [-0.4, -0.2) is 42.0 Å². The van der Waals surface area contributed by atoms with E-state index in [0.29, 0.717) is 12.1 Å². The summed E-state index contributed by atoms with van der Waals surface area (Å²) in [7, 11) is 0. The van der Waals surface area contributed by atoms with E-state index >= 15 is 0 Å². The van der Waals surface area contributed by atoms with Crippen molar-refractivity contribution in [2.24, 2.45) is 5.73 Å². The Kier molecular flexibility index (Phi) is 2.74. The number of carbonyl (C=O) groups excluding carboxylic acids is 1. The average Bonchev–Trinajstić information content (AvgIpc) is 2.05. The van der Waals surface area contributed by atoms with Crippen LogP contribution in [0.25, 0.3) is 0 Å². The van der Waals surface area contributed by atoms with Crippen LogP contribution in [0, 0.1) is 0 Å². The van der Waals surface area contributed by atoms with Gasteiger partial charge in [-0.1, -0.05) is 0 Å². The summed E-state index contributed by atoms with van der Waals surface area (Å²) in [5.41, 5.74) is 5.34. The Balaban J connectivity index is 1.96. The minimum absolute atomic E-state index is 0.00218. The fourth-order valence-corrected chi connectivity index (χ4v) is 2.59. The van der Waals surface area contributed by atoms with Crippen LogP contribution < -0.4 is 11.1 Å². The number of hydrogen-bond donors (Lipinski definition) is 2. The Morgan fingerprint density at radius 2 is 2.29 bits per heavy atom. The zero-order chi connectivity index (χ0) is 10.1. The summed E-state index contributed by atoms with van der Waals surface area (Å²) in [5, 5.41) is 3.45. The molecule has 2 aliphatic heterocycles. The third-order valence-corrected chi connectivity index (χ3v) is 3.54. The SMILES string of the molecule is CC1NCCCC1N1CCC1C(N)=O. The lowest BCUT2D eigenvalue weighted by Crippen LogP contribution is -2.64. The quantitative estimate of drug-likeness (QED) is 0.638. The summed E-state index contributed by atoms with van der Waals surface area (Å²) in [6, 6.07) is 1.00. The van der Waals surface area contributed by atoms with Crippen LogP contribution in [0.1, 0.15) is 26.2 Å². The molecule has 3 unspecified atom stereocenters. The second-order valence-corrected chi connectivity index (χ2v) is 4.40. The van der Waals surface area contributed by atoms with Crippen molar-refractivity contribution in [3.63, 3.8) is 0 Å².